The predicted molar refractivity (Wildman–Crippen MR) is 73.2 cm³/mol. The normalized spacial score (nSPS) is 22.2. The van der Waals surface area contributed by atoms with Crippen LogP contribution in [0.5, 0.6) is 0 Å². The zero-order chi connectivity index (χ0) is 12.5. The van der Waals surface area contributed by atoms with Gasteiger partial charge in [-0.3, -0.25) is 0 Å². The van der Waals surface area contributed by atoms with Crippen LogP contribution in [-0.4, -0.2) is 22.6 Å². The van der Waals surface area contributed by atoms with E-state index in [2.05, 4.69) is 28.5 Å². The number of benzene rings is 1. The van der Waals surface area contributed by atoms with Crippen molar-refractivity contribution in [3.05, 3.63) is 30.1 Å². The van der Waals surface area contributed by atoms with Crippen molar-refractivity contribution in [3.63, 3.8) is 0 Å². The minimum atomic E-state index is 0.115. The third-order valence-electron chi connectivity index (χ3n) is 3.98. The largest absolute Gasteiger partial charge is 0.334 e. The van der Waals surface area contributed by atoms with Gasteiger partial charge in [-0.2, -0.15) is 0 Å². The van der Waals surface area contributed by atoms with Crippen LogP contribution >= 0.6 is 0 Å². The van der Waals surface area contributed by atoms with Crippen molar-refractivity contribution in [1.82, 2.24) is 14.9 Å². The summed E-state index contributed by atoms with van der Waals surface area (Å²) in [4.78, 5) is 4.40. The van der Waals surface area contributed by atoms with Gasteiger partial charge in [-0.05, 0) is 49.5 Å². The molecule has 1 aliphatic rings. The van der Waals surface area contributed by atoms with Crippen LogP contribution in [0.15, 0.2) is 24.5 Å². The summed E-state index contributed by atoms with van der Waals surface area (Å²) in [7, 11) is 2.01. The first-order valence-electron chi connectivity index (χ1n) is 6.63. The first-order chi connectivity index (χ1) is 8.75. The molecule has 2 unspecified atom stereocenters. The smallest absolute Gasteiger partial charge is 0.0955 e. The zero-order valence-corrected chi connectivity index (χ0v) is 10.8. The number of aromatic nitrogens is 2. The van der Waals surface area contributed by atoms with Crippen LogP contribution in [0.3, 0.4) is 0 Å². The highest BCUT2D eigenvalue weighted by molar-refractivity contribution is 5.76. The lowest BCUT2D eigenvalue weighted by atomic mass is 9.88. The van der Waals surface area contributed by atoms with E-state index in [9.17, 15) is 0 Å². The maximum atomic E-state index is 6.39. The van der Waals surface area contributed by atoms with Crippen molar-refractivity contribution in [1.29, 1.82) is 0 Å². The molecule has 96 valence electrons. The molecule has 3 rings (SSSR count). The highest BCUT2D eigenvalue weighted by atomic mass is 15.0. The number of nitrogens with one attached hydrogen (secondary N) is 1. The van der Waals surface area contributed by atoms with Crippen LogP contribution in [0.1, 0.15) is 24.4 Å². The van der Waals surface area contributed by atoms with Gasteiger partial charge in [0.15, 0.2) is 0 Å². The second-order valence-electron chi connectivity index (χ2n) is 5.24. The van der Waals surface area contributed by atoms with E-state index in [4.69, 9.17) is 5.73 Å². The van der Waals surface area contributed by atoms with Crippen LogP contribution in [-0.2, 0) is 7.05 Å². The van der Waals surface area contributed by atoms with Crippen LogP contribution in [0.25, 0.3) is 11.0 Å². The Morgan fingerprint density at radius 3 is 3.17 bits per heavy atom. The molecule has 1 aromatic heterocycles. The molecule has 1 saturated heterocycles. The number of piperidine rings is 1. The van der Waals surface area contributed by atoms with E-state index in [0.717, 1.165) is 24.1 Å². The first kappa shape index (κ1) is 11.7. The van der Waals surface area contributed by atoms with Crippen molar-refractivity contribution in [2.24, 2.45) is 18.7 Å². The Bertz CT molecular complexity index is 540. The highest BCUT2D eigenvalue weighted by Gasteiger charge is 2.22. The summed E-state index contributed by atoms with van der Waals surface area (Å²) < 4.78 is 2.03. The molecule has 0 bridgehead atoms. The Kier molecular flexibility index (Phi) is 3.06. The Morgan fingerprint density at radius 1 is 1.50 bits per heavy atom. The van der Waals surface area contributed by atoms with Crippen molar-refractivity contribution >= 4 is 11.0 Å². The Labute approximate surface area is 107 Å². The zero-order valence-electron chi connectivity index (χ0n) is 10.8. The van der Waals surface area contributed by atoms with Crippen LogP contribution in [0, 0.1) is 5.92 Å². The molecule has 1 aromatic carbocycles. The number of aryl methyl sites for hydroxylation is 1. The van der Waals surface area contributed by atoms with E-state index in [1.165, 1.54) is 18.4 Å². The molecule has 3 N–H and O–H groups in total. The fraction of sp³-hybridized carbons (Fsp3) is 0.500. The molecule has 2 aromatic rings. The Hall–Kier alpha value is -1.39. The lowest BCUT2D eigenvalue weighted by Gasteiger charge is -2.28. The van der Waals surface area contributed by atoms with Crippen LogP contribution in [0.2, 0.25) is 0 Å². The molecule has 0 spiro atoms. The quantitative estimate of drug-likeness (QED) is 0.843. The van der Waals surface area contributed by atoms with Gasteiger partial charge in [0.25, 0.3) is 0 Å². The van der Waals surface area contributed by atoms with Gasteiger partial charge in [-0.25, -0.2) is 4.98 Å². The number of nitrogens with two attached hydrogens (primary N) is 1. The third kappa shape index (κ3) is 2.02. The van der Waals surface area contributed by atoms with Gasteiger partial charge in [-0.15, -0.1) is 0 Å². The molecular formula is C14H20N4. The van der Waals surface area contributed by atoms with Gasteiger partial charge in [0.2, 0.25) is 0 Å². The Morgan fingerprint density at radius 2 is 2.39 bits per heavy atom. The maximum absolute atomic E-state index is 6.39. The topological polar surface area (TPSA) is 55.9 Å². The highest BCUT2D eigenvalue weighted by Crippen LogP contribution is 2.27. The SMILES string of the molecule is Cn1cnc2cc(C(N)C3CCCNC3)ccc21. The number of rotatable bonds is 2. The molecule has 0 saturated carbocycles. The van der Waals surface area contributed by atoms with Crippen molar-refractivity contribution in [3.8, 4) is 0 Å². The van der Waals surface area contributed by atoms with Gasteiger partial charge < -0.3 is 15.6 Å². The van der Waals surface area contributed by atoms with Gasteiger partial charge >= 0.3 is 0 Å². The van der Waals surface area contributed by atoms with Gasteiger partial charge in [0, 0.05) is 13.1 Å². The van der Waals surface area contributed by atoms with Crippen LogP contribution < -0.4 is 11.1 Å². The monoisotopic (exact) mass is 244 g/mol. The molecule has 2 atom stereocenters. The molecule has 1 aliphatic heterocycles. The predicted octanol–water partition coefficient (Wildman–Crippen LogP) is 1.57. The number of hydrogen-bond acceptors (Lipinski definition) is 3. The van der Waals surface area contributed by atoms with Crippen molar-refractivity contribution < 1.29 is 0 Å². The van der Waals surface area contributed by atoms with Gasteiger partial charge in [0.05, 0.1) is 17.4 Å². The molecule has 4 heteroatoms. The molecule has 18 heavy (non-hydrogen) atoms. The minimum Gasteiger partial charge on any atom is -0.334 e. The number of fused-ring (bicyclic) bond motifs is 1. The number of nitrogens with zero attached hydrogens (tertiary/aromatic N) is 2. The fourth-order valence-corrected chi connectivity index (χ4v) is 2.82. The number of hydrogen-bond donors (Lipinski definition) is 2. The lowest BCUT2D eigenvalue weighted by molar-refractivity contribution is 0.326. The first-order valence-corrected chi connectivity index (χ1v) is 6.63. The lowest BCUT2D eigenvalue weighted by Crippen LogP contribution is -2.36. The maximum Gasteiger partial charge on any atom is 0.0955 e. The molecule has 0 radical (unpaired) electrons. The van der Waals surface area contributed by atoms with E-state index in [1.54, 1.807) is 0 Å². The fourth-order valence-electron chi connectivity index (χ4n) is 2.82. The summed E-state index contributed by atoms with van der Waals surface area (Å²) in [5.41, 5.74) is 9.79. The molecule has 2 heterocycles. The minimum absolute atomic E-state index is 0.115. The van der Waals surface area contributed by atoms with Crippen molar-refractivity contribution in [2.45, 2.75) is 18.9 Å². The molecule has 4 nitrogen and oxygen atoms in total. The van der Waals surface area contributed by atoms with E-state index in [0.29, 0.717) is 5.92 Å². The summed E-state index contributed by atoms with van der Waals surface area (Å²) in [5.74, 6) is 0.542. The van der Waals surface area contributed by atoms with Gasteiger partial charge in [0.1, 0.15) is 0 Å². The number of imidazole rings is 1. The Balaban J connectivity index is 1.88. The average molecular weight is 244 g/mol. The second-order valence-corrected chi connectivity index (χ2v) is 5.24. The average Bonchev–Trinajstić information content (AvgIpc) is 2.80. The van der Waals surface area contributed by atoms with E-state index < -0.39 is 0 Å². The molecular weight excluding hydrogens is 224 g/mol. The van der Waals surface area contributed by atoms with Crippen molar-refractivity contribution in [2.75, 3.05) is 13.1 Å². The van der Waals surface area contributed by atoms with E-state index in [-0.39, 0.29) is 6.04 Å². The molecule has 0 aliphatic carbocycles. The van der Waals surface area contributed by atoms with Gasteiger partial charge in [-0.1, -0.05) is 6.07 Å². The molecule has 0 amide bonds. The summed E-state index contributed by atoms with van der Waals surface area (Å²) in [5, 5.41) is 3.43. The standard InChI is InChI=1S/C14H20N4/c1-18-9-17-12-7-10(4-5-13(12)18)14(15)11-3-2-6-16-8-11/h4-5,7,9,11,14,16H,2-3,6,8,15H2,1H3. The summed E-state index contributed by atoms with van der Waals surface area (Å²) in [6.45, 7) is 2.16. The summed E-state index contributed by atoms with van der Waals surface area (Å²) in [6.07, 6.45) is 4.29. The second kappa shape index (κ2) is 4.71. The van der Waals surface area contributed by atoms with Crippen LogP contribution in [0.4, 0.5) is 0 Å². The summed E-state index contributed by atoms with van der Waals surface area (Å²) in [6, 6.07) is 6.51. The molecule has 1 fully saturated rings. The summed E-state index contributed by atoms with van der Waals surface area (Å²) >= 11 is 0. The van der Waals surface area contributed by atoms with E-state index >= 15 is 0 Å². The van der Waals surface area contributed by atoms with E-state index in [1.807, 2.05) is 17.9 Å². The third-order valence-corrected chi connectivity index (χ3v) is 3.98.